The van der Waals surface area contributed by atoms with Crippen LogP contribution >= 0.6 is 0 Å². The number of aliphatic hydroxyl groups is 1. The van der Waals surface area contributed by atoms with Gasteiger partial charge in [-0.15, -0.1) is 0 Å². The van der Waals surface area contributed by atoms with Gasteiger partial charge in [-0.3, -0.25) is 0 Å². The van der Waals surface area contributed by atoms with Gasteiger partial charge in [-0.25, -0.2) is 0 Å². The van der Waals surface area contributed by atoms with Crippen molar-refractivity contribution < 1.29 is 9.84 Å². The van der Waals surface area contributed by atoms with E-state index in [0.717, 1.165) is 19.8 Å². The van der Waals surface area contributed by atoms with Gasteiger partial charge in [-0.1, -0.05) is 0 Å². The van der Waals surface area contributed by atoms with Crippen molar-refractivity contribution in [2.24, 2.45) is 5.92 Å². The molecule has 0 radical (unpaired) electrons. The first-order valence-electron chi connectivity index (χ1n) is 4.33. The molecule has 2 N–H and O–H groups in total. The summed E-state index contributed by atoms with van der Waals surface area (Å²) in [6.07, 6.45) is 2.45. The Kier molecular flexibility index (Phi) is 4.50. The standard InChI is InChI=1S/C8H17NO2/c10-4-3-9-6-8-2-1-5-11-7-8/h8-10H,1-7H2. The fourth-order valence-corrected chi connectivity index (χ4v) is 1.35. The van der Waals surface area contributed by atoms with Crippen LogP contribution in [-0.4, -0.2) is 38.0 Å². The van der Waals surface area contributed by atoms with Crippen LogP contribution in [-0.2, 0) is 4.74 Å². The van der Waals surface area contributed by atoms with E-state index in [-0.39, 0.29) is 6.61 Å². The van der Waals surface area contributed by atoms with Gasteiger partial charge in [0.05, 0.1) is 13.2 Å². The van der Waals surface area contributed by atoms with E-state index in [1.807, 2.05) is 0 Å². The Morgan fingerprint density at radius 3 is 3.09 bits per heavy atom. The molecule has 0 spiro atoms. The van der Waals surface area contributed by atoms with Crippen molar-refractivity contribution in [3.05, 3.63) is 0 Å². The van der Waals surface area contributed by atoms with E-state index in [0.29, 0.717) is 12.5 Å². The lowest BCUT2D eigenvalue weighted by Gasteiger charge is -2.21. The van der Waals surface area contributed by atoms with Crippen molar-refractivity contribution in [1.82, 2.24) is 5.32 Å². The minimum atomic E-state index is 0.230. The Balaban J connectivity index is 1.96. The van der Waals surface area contributed by atoms with E-state index in [1.54, 1.807) is 0 Å². The second kappa shape index (κ2) is 5.52. The van der Waals surface area contributed by atoms with Crippen molar-refractivity contribution in [1.29, 1.82) is 0 Å². The summed E-state index contributed by atoms with van der Waals surface area (Å²) in [5.74, 6) is 0.662. The highest BCUT2D eigenvalue weighted by molar-refractivity contribution is 4.65. The number of ether oxygens (including phenoxy) is 1. The molecule has 1 aliphatic heterocycles. The lowest BCUT2D eigenvalue weighted by molar-refractivity contribution is 0.0545. The summed E-state index contributed by atoms with van der Waals surface area (Å²) in [4.78, 5) is 0. The molecule has 1 fully saturated rings. The molecular formula is C8H17NO2. The molecule has 1 saturated heterocycles. The van der Waals surface area contributed by atoms with Gasteiger partial charge in [-0.05, 0) is 18.8 Å². The molecular weight excluding hydrogens is 142 g/mol. The molecule has 1 unspecified atom stereocenters. The third-order valence-electron chi connectivity index (χ3n) is 1.98. The van der Waals surface area contributed by atoms with E-state index in [9.17, 15) is 0 Å². The number of nitrogens with one attached hydrogen (secondary N) is 1. The van der Waals surface area contributed by atoms with E-state index < -0.39 is 0 Å². The summed E-state index contributed by atoms with van der Waals surface area (Å²) in [5, 5.41) is 11.7. The normalized spacial score (nSPS) is 25.4. The molecule has 0 aliphatic carbocycles. The van der Waals surface area contributed by atoms with E-state index in [4.69, 9.17) is 9.84 Å². The minimum Gasteiger partial charge on any atom is -0.395 e. The van der Waals surface area contributed by atoms with E-state index in [1.165, 1.54) is 12.8 Å². The zero-order valence-corrected chi connectivity index (χ0v) is 6.88. The van der Waals surface area contributed by atoms with Crippen LogP contribution in [0.15, 0.2) is 0 Å². The smallest absolute Gasteiger partial charge is 0.0555 e. The predicted molar refractivity (Wildman–Crippen MR) is 43.5 cm³/mol. The van der Waals surface area contributed by atoms with Crippen molar-refractivity contribution in [2.45, 2.75) is 12.8 Å². The summed E-state index contributed by atoms with van der Waals surface area (Å²) in [6, 6.07) is 0. The second-order valence-corrected chi connectivity index (χ2v) is 3.01. The van der Waals surface area contributed by atoms with Crippen LogP contribution < -0.4 is 5.32 Å². The summed E-state index contributed by atoms with van der Waals surface area (Å²) in [5.41, 5.74) is 0. The topological polar surface area (TPSA) is 41.5 Å². The van der Waals surface area contributed by atoms with Gasteiger partial charge in [0.2, 0.25) is 0 Å². The highest BCUT2D eigenvalue weighted by Gasteiger charge is 2.12. The fraction of sp³-hybridized carbons (Fsp3) is 1.00. The number of rotatable bonds is 4. The van der Waals surface area contributed by atoms with Gasteiger partial charge in [0.15, 0.2) is 0 Å². The van der Waals surface area contributed by atoms with Gasteiger partial charge in [-0.2, -0.15) is 0 Å². The maximum absolute atomic E-state index is 8.50. The largest absolute Gasteiger partial charge is 0.395 e. The van der Waals surface area contributed by atoms with Crippen LogP contribution in [0.5, 0.6) is 0 Å². The van der Waals surface area contributed by atoms with Crippen molar-refractivity contribution in [3.8, 4) is 0 Å². The van der Waals surface area contributed by atoms with Crippen molar-refractivity contribution in [2.75, 3.05) is 32.9 Å². The van der Waals surface area contributed by atoms with Crippen molar-refractivity contribution >= 4 is 0 Å². The van der Waals surface area contributed by atoms with Crippen LogP contribution in [0.3, 0.4) is 0 Å². The molecule has 1 aliphatic rings. The molecule has 0 saturated carbocycles. The molecule has 0 amide bonds. The summed E-state index contributed by atoms with van der Waals surface area (Å²) < 4.78 is 5.31. The molecule has 1 atom stereocenters. The summed E-state index contributed by atoms with van der Waals surface area (Å²) in [7, 11) is 0. The zero-order chi connectivity index (χ0) is 7.94. The minimum absolute atomic E-state index is 0.230. The molecule has 0 bridgehead atoms. The van der Waals surface area contributed by atoms with Gasteiger partial charge in [0.1, 0.15) is 0 Å². The van der Waals surface area contributed by atoms with Crippen LogP contribution in [0.25, 0.3) is 0 Å². The Morgan fingerprint density at radius 2 is 2.45 bits per heavy atom. The van der Waals surface area contributed by atoms with Crippen LogP contribution in [0, 0.1) is 5.92 Å². The van der Waals surface area contributed by atoms with E-state index >= 15 is 0 Å². The third-order valence-corrected chi connectivity index (χ3v) is 1.98. The molecule has 3 nitrogen and oxygen atoms in total. The summed E-state index contributed by atoms with van der Waals surface area (Å²) in [6.45, 7) is 3.74. The van der Waals surface area contributed by atoms with Crippen LogP contribution in [0.4, 0.5) is 0 Å². The average molecular weight is 159 g/mol. The Morgan fingerprint density at radius 1 is 1.55 bits per heavy atom. The molecule has 11 heavy (non-hydrogen) atoms. The maximum atomic E-state index is 8.50. The molecule has 0 aromatic heterocycles. The van der Waals surface area contributed by atoms with Crippen LogP contribution in [0.2, 0.25) is 0 Å². The van der Waals surface area contributed by atoms with Gasteiger partial charge < -0.3 is 15.2 Å². The molecule has 1 rings (SSSR count). The van der Waals surface area contributed by atoms with Gasteiger partial charge in [0, 0.05) is 19.7 Å². The zero-order valence-electron chi connectivity index (χ0n) is 6.88. The molecule has 0 aromatic rings. The highest BCUT2D eigenvalue weighted by atomic mass is 16.5. The maximum Gasteiger partial charge on any atom is 0.0555 e. The lowest BCUT2D eigenvalue weighted by Crippen LogP contribution is -2.30. The molecule has 1 heterocycles. The fourth-order valence-electron chi connectivity index (χ4n) is 1.35. The van der Waals surface area contributed by atoms with E-state index in [2.05, 4.69) is 5.32 Å². The Bertz CT molecular complexity index is 92.1. The first kappa shape index (κ1) is 8.97. The second-order valence-electron chi connectivity index (χ2n) is 3.01. The highest BCUT2D eigenvalue weighted by Crippen LogP contribution is 2.11. The lowest BCUT2D eigenvalue weighted by atomic mass is 10.0. The molecule has 66 valence electrons. The molecule has 0 aromatic carbocycles. The SMILES string of the molecule is OCCNCC1CCCOC1. The first-order chi connectivity index (χ1) is 5.43. The van der Waals surface area contributed by atoms with Gasteiger partial charge in [0.25, 0.3) is 0 Å². The number of aliphatic hydroxyl groups excluding tert-OH is 1. The monoisotopic (exact) mass is 159 g/mol. The number of hydrogen-bond acceptors (Lipinski definition) is 3. The Labute approximate surface area is 67.7 Å². The number of hydrogen-bond donors (Lipinski definition) is 2. The van der Waals surface area contributed by atoms with Crippen molar-refractivity contribution in [3.63, 3.8) is 0 Å². The molecule has 3 heteroatoms. The summed E-state index contributed by atoms with van der Waals surface area (Å²) >= 11 is 0. The quantitative estimate of drug-likeness (QED) is 0.567. The van der Waals surface area contributed by atoms with Gasteiger partial charge >= 0.3 is 0 Å². The Hall–Kier alpha value is -0.120. The average Bonchev–Trinajstić information content (AvgIpc) is 2.07. The van der Waals surface area contributed by atoms with Crippen LogP contribution in [0.1, 0.15) is 12.8 Å². The first-order valence-corrected chi connectivity index (χ1v) is 4.33. The predicted octanol–water partition coefficient (Wildman–Crippen LogP) is -0.00510. The third kappa shape index (κ3) is 3.70.